The second kappa shape index (κ2) is 7.38. The molecular weight excluding hydrogens is 319 g/mol. The summed E-state index contributed by atoms with van der Waals surface area (Å²) in [7, 11) is 1.67. The van der Waals surface area contributed by atoms with Gasteiger partial charge in [0.15, 0.2) is 0 Å². The number of benzene rings is 1. The topological polar surface area (TPSA) is 72.0 Å². The minimum atomic E-state index is 0.118. The molecule has 0 aliphatic carbocycles. The maximum atomic E-state index is 6.27. The maximum Gasteiger partial charge on any atom is 0.130 e. The molecule has 0 saturated heterocycles. The van der Waals surface area contributed by atoms with Gasteiger partial charge in [-0.15, -0.1) is 0 Å². The first kappa shape index (κ1) is 15.7. The van der Waals surface area contributed by atoms with Gasteiger partial charge in [-0.3, -0.25) is 0 Å². The highest BCUT2D eigenvalue weighted by molar-refractivity contribution is 7.58. The monoisotopic (exact) mass is 334 g/mol. The van der Waals surface area contributed by atoms with Crippen LogP contribution in [0.5, 0.6) is 0 Å². The van der Waals surface area contributed by atoms with E-state index in [1.54, 1.807) is 13.2 Å². The van der Waals surface area contributed by atoms with Gasteiger partial charge in [0.1, 0.15) is 11.4 Å². The fourth-order valence-electron chi connectivity index (χ4n) is 1.98. The molecule has 5 nitrogen and oxygen atoms in total. The highest BCUT2D eigenvalue weighted by atomic mass is 35.5. The van der Waals surface area contributed by atoms with E-state index in [1.165, 1.54) is 0 Å². The summed E-state index contributed by atoms with van der Waals surface area (Å²) in [6, 6.07) is 1.80. The Morgan fingerprint density at radius 3 is 2.80 bits per heavy atom. The number of fused-ring (bicyclic) bond motifs is 1. The van der Waals surface area contributed by atoms with Gasteiger partial charge in [0.05, 0.1) is 33.7 Å². The van der Waals surface area contributed by atoms with Crippen molar-refractivity contribution in [1.82, 2.24) is 0 Å². The first-order valence-electron chi connectivity index (χ1n) is 6.23. The van der Waals surface area contributed by atoms with Crippen LogP contribution in [0, 0.1) is 0 Å². The Labute approximate surface area is 131 Å². The number of halogens is 2. The van der Waals surface area contributed by atoms with Crippen LogP contribution in [0.4, 0.5) is 17.1 Å². The molecule has 20 heavy (non-hydrogen) atoms. The van der Waals surface area contributed by atoms with Gasteiger partial charge in [0.25, 0.3) is 0 Å². The van der Waals surface area contributed by atoms with Crippen molar-refractivity contribution in [3.63, 3.8) is 0 Å². The van der Waals surface area contributed by atoms with Crippen molar-refractivity contribution in [3.8, 4) is 0 Å². The van der Waals surface area contributed by atoms with E-state index < -0.39 is 0 Å². The van der Waals surface area contributed by atoms with Crippen molar-refractivity contribution < 1.29 is 4.74 Å². The van der Waals surface area contributed by atoms with E-state index >= 15 is 0 Å². The minimum absolute atomic E-state index is 0.118. The Morgan fingerprint density at radius 1 is 1.35 bits per heavy atom. The molecule has 8 heteroatoms. The zero-order valence-electron chi connectivity index (χ0n) is 11.0. The SMILES string of the molecule is COCC(CCCN)Nc1c(Cl)cc(Cl)c2c1N=S=N2. The van der Waals surface area contributed by atoms with Crippen molar-refractivity contribution in [2.24, 2.45) is 14.5 Å². The summed E-state index contributed by atoms with van der Waals surface area (Å²) < 4.78 is 13.7. The number of anilines is 1. The lowest BCUT2D eigenvalue weighted by molar-refractivity contribution is 0.182. The average molecular weight is 335 g/mol. The Bertz CT molecular complexity index is 561. The van der Waals surface area contributed by atoms with Crippen LogP contribution in [0.25, 0.3) is 0 Å². The van der Waals surface area contributed by atoms with Crippen LogP contribution in [-0.2, 0) is 16.1 Å². The molecule has 1 aromatic carbocycles. The van der Waals surface area contributed by atoms with E-state index in [1.807, 2.05) is 0 Å². The number of hydrogen-bond donors (Lipinski definition) is 2. The molecular formula is C12H16Cl2N4OS. The summed E-state index contributed by atoms with van der Waals surface area (Å²) in [5.74, 6) is 0. The quantitative estimate of drug-likeness (QED) is 0.806. The van der Waals surface area contributed by atoms with E-state index in [9.17, 15) is 0 Å². The second-order valence-corrected chi connectivity index (χ2v) is 5.75. The Hall–Kier alpha value is -0.660. The lowest BCUT2D eigenvalue weighted by Crippen LogP contribution is -2.26. The molecule has 0 bridgehead atoms. The fraction of sp³-hybridized carbons (Fsp3) is 0.500. The second-order valence-electron chi connectivity index (χ2n) is 4.40. The van der Waals surface area contributed by atoms with E-state index in [0.717, 1.165) is 29.9 Å². The van der Waals surface area contributed by atoms with Gasteiger partial charge in [0, 0.05) is 13.2 Å². The van der Waals surface area contributed by atoms with Gasteiger partial charge < -0.3 is 15.8 Å². The van der Waals surface area contributed by atoms with Crippen molar-refractivity contribution in [3.05, 3.63) is 16.1 Å². The molecule has 0 spiro atoms. The number of methoxy groups -OCH3 is 1. The molecule has 3 N–H and O–H groups in total. The average Bonchev–Trinajstić information content (AvgIpc) is 2.90. The number of nitrogens with one attached hydrogen (secondary N) is 1. The Morgan fingerprint density at radius 2 is 2.10 bits per heavy atom. The Kier molecular flexibility index (Phi) is 5.80. The molecule has 0 saturated carbocycles. The number of nitrogens with two attached hydrogens (primary N) is 1. The molecule has 1 unspecified atom stereocenters. The van der Waals surface area contributed by atoms with Gasteiger partial charge in [-0.25, -0.2) is 0 Å². The highest BCUT2D eigenvalue weighted by Gasteiger charge is 2.20. The first-order valence-corrected chi connectivity index (χ1v) is 7.71. The Balaban J connectivity index is 2.24. The minimum Gasteiger partial charge on any atom is -0.383 e. The summed E-state index contributed by atoms with van der Waals surface area (Å²) in [5, 5.41) is 4.41. The standard InChI is InChI=1S/C12H16Cl2N4OS/c1-19-6-7(3-2-4-15)16-10-8(13)5-9(14)11-12(10)18-20-17-11/h5,7,16H,2-4,6,15H2,1H3. The molecule has 1 aromatic rings. The molecule has 1 heterocycles. The van der Waals surface area contributed by atoms with Crippen LogP contribution < -0.4 is 11.1 Å². The van der Waals surface area contributed by atoms with Crippen molar-refractivity contribution in [2.75, 3.05) is 25.6 Å². The van der Waals surface area contributed by atoms with Crippen molar-refractivity contribution >= 4 is 51.6 Å². The van der Waals surface area contributed by atoms with Gasteiger partial charge >= 0.3 is 0 Å². The van der Waals surface area contributed by atoms with Gasteiger partial charge in [-0.1, -0.05) is 23.2 Å². The van der Waals surface area contributed by atoms with Crippen LogP contribution in [0.2, 0.25) is 10.0 Å². The summed E-state index contributed by atoms with van der Waals surface area (Å²) >= 11 is 13.5. The highest BCUT2D eigenvalue weighted by Crippen LogP contribution is 2.47. The zero-order valence-corrected chi connectivity index (χ0v) is 13.4. The molecule has 0 fully saturated rings. The molecule has 0 radical (unpaired) electrons. The molecule has 1 atom stereocenters. The maximum absolute atomic E-state index is 6.27. The zero-order chi connectivity index (χ0) is 14.5. The molecule has 1 aliphatic rings. The summed E-state index contributed by atoms with van der Waals surface area (Å²) in [4.78, 5) is 0. The van der Waals surface area contributed by atoms with E-state index in [4.69, 9.17) is 33.7 Å². The first-order chi connectivity index (χ1) is 9.67. The van der Waals surface area contributed by atoms with Crippen molar-refractivity contribution in [1.29, 1.82) is 0 Å². The van der Waals surface area contributed by atoms with Gasteiger partial charge in [-0.05, 0) is 25.5 Å². The summed E-state index contributed by atoms with van der Waals surface area (Å²) in [6.07, 6.45) is 1.80. The van der Waals surface area contributed by atoms with Crippen molar-refractivity contribution in [2.45, 2.75) is 18.9 Å². The lowest BCUT2D eigenvalue weighted by atomic mass is 10.1. The summed E-state index contributed by atoms with van der Waals surface area (Å²) in [6.45, 7) is 1.21. The van der Waals surface area contributed by atoms with Crippen LogP contribution in [0.15, 0.2) is 14.8 Å². The largest absolute Gasteiger partial charge is 0.383 e. The fourth-order valence-corrected chi connectivity index (χ4v) is 3.14. The number of rotatable bonds is 7. The van der Waals surface area contributed by atoms with Gasteiger partial charge in [-0.2, -0.15) is 8.73 Å². The molecule has 110 valence electrons. The van der Waals surface area contributed by atoms with Crippen LogP contribution >= 0.6 is 23.2 Å². The third-order valence-corrected chi connectivity index (χ3v) is 4.03. The van der Waals surface area contributed by atoms with Crippen LogP contribution in [-0.4, -0.2) is 26.3 Å². The molecule has 1 aliphatic heterocycles. The summed E-state index contributed by atoms with van der Waals surface area (Å²) in [5.41, 5.74) is 7.67. The molecule has 0 aromatic heterocycles. The van der Waals surface area contributed by atoms with Crippen LogP contribution in [0.1, 0.15) is 12.8 Å². The number of ether oxygens (including phenoxy) is 1. The lowest BCUT2D eigenvalue weighted by Gasteiger charge is -2.21. The van der Waals surface area contributed by atoms with Gasteiger partial charge in [0.2, 0.25) is 0 Å². The van der Waals surface area contributed by atoms with E-state index in [2.05, 4.69) is 14.0 Å². The predicted molar refractivity (Wildman–Crippen MR) is 85.6 cm³/mol. The van der Waals surface area contributed by atoms with E-state index in [-0.39, 0.29) is 6.04 Å². The third-order valence-electron chi connectivity index (χ3n) is 2.92. The smallest absolute Gasteiger partial charge is 0.130 e. The van der Waals surface area contributed by atoms with E-state index in [0.29, 0.717) is 34.6 Å². The number of nitrogens with zero attached hydrogens (tertiary/aromatic N) is 2. The number of hydrogen-bond acceptors (Lipinski definition) is 5. The predicted octanol–water partition coefficient (Wildman–Crippen LogP) is 3.89. The van der Waals surface area contributed by atoms with Crippen LogP contribution in [0.3, 0.4) is 0 Å². The normalized spacial score (nSPS) is 14.0. The molecule has 0 amide bonds. The molecule has 2 rings (SSSR count). The third kappa shape index (κ3) is 3.51.